The van der Waals surface area contributed by atoms with Crippen molar-refractivity contribution in [3.05, 3.63) is 71.5 Å². The summed E-state index contributed by atoms with van der Waals surface area (Å²) in [5.74, 6) is -0.628. The van der Waals surface area contributed by atoms with E-state index in [-0.39, 0.29) is 40.9 Å². The molecular weight excluding hydrogens is 677 g/mol. The summed E-state index contributed by atoms with van der Waals surface area (Å²) >= 11 is 0. The number of hydrogen-bond acceptors (Lipinski definition) is 12. The van der Waals surface area contributed by atoms with E-state index < -0.39 is 32.5 Å². The zero-order chi connectivity index (χ0) is 35.8. The Morgan fingerprint density at radius 3 is 2.45 bits per heavy atom. The van der Waals surface area contributed by atoms with Crippen molar-refractivity contribution in [3.63, 3.8) is 0 Å². The average Bonchev–Trinajstić information content (AvgIpc) is 3.39. The van der Waals surface area contributed by atoms with Crippen molar-refractivity contribution >= 4 is 27.6 Å². The molecular formula is C35H40N8O7S. The summed E-state index contributed by atoms with van der Waals surface area (Å²) in [5.41, 5.74) is -1.78. The van der Waals surface area contributed by atoms with Gasteiger partial charge in [-0.3, -0.25) is 14.6 Å². The molecule has 15 nitrogen and oxygen atoms in total. The highest BCUT2D eigenvalue weighted by molar-refractivity contribution is 7.93. The summed E-state index contributed by atoms with van der Waals surface area (Å²) in [7, 11) is -3.22. The Kier molecular flexibility index (Phi) is 9.55. The zero-order valence-electron chi connectivity index (χ0n) is 28.5. The highest BCUT2D eigenvalue weighted by Gasteiger charge is 2.59. The quantitative estimate of drug-likeness (QED) is 0.342. The van der Waals surface area contributed by atoms with Crippen LogP contribution < -0.4 is 19.1 Å². The van der Waals surface area contributed by atoms with Gasteiger partial charge in [-0.1, -0.05) is 0 Å². The second-order valence-corrected chi connectivity index (χ2v) is 14.6. The summed E-state index contributed by atoms with van der Waals surface area (Å²) in [4.78, 5) is 44.2. The van der Waals surface area contributed by atoms with Crippen molar-refractivity contribution in [2.75, 3.05) is 70.5 Å². The van der Waals surface area contributed by atoms with Gasteiger partial charge in [0.1, 0.15) is 5.75 Å². The predicted molar refractivity (Wildman–Crippen MR) is 184 cm³/mol. The Balaban J connectivity index is 1.21. The van der Waals surface area contributed by atoms with Gasteiger partial charge in [0.05, 0.1) is 56.0 Å². The minimum Gasteiger partial charge on any atom is -0.495 e. The number of rotatable bonds is 9. The van der Waals surface area contributed by atoms with Gasteiger partial charge in [0, 0.05) is 63.1 Å². The van der Waals surface area contributed by atoms with Crippen molar-refractivity contribution in [2.45, 2.75) is 42.4 Å². The molecule has 16 heteroatoms. The summed E-state index contributed by atoms with van der Waals surface area (Å²) < 4.78 is 45.7. The molecule has 6 heterocycles. The maximum absolute atomic E-state index is 15.0. The number of sulfonamides is 1. The van der Waals surface area contributed by atoms with Crippen molar-refractivity contribution in [1.29, 1.82) is 5.26 Å². The Bertz CT molecular complexity index is 1940. The first kappa shape index (κ1) is 34.6. The number of fused-ring (bicyclic) bond motifs is 1. The lowest BCUT2D eigenvalue weighted by Gasteiger charge is -2.49. The van der Waals surface area contributed by atoms with E-state index in [0.29, 0.717) is 29.2 Å². The molecule has 3 fully saturated rings. The molecule has 0 bridgehead atoms. The number of nitriles is 1. The number of nitrogens with zero attached hydrogens (tertiary/aromatic N) is 7. The normalized spacial score (nSPS) is 21.9. The van der Waals surface area contributed by atoms with Gasteiger partial charge in [0.25, 0.3) is 15.9 Å². The van der Waals surface area contributed by atoms with Crippen LogP contribution in [0.5, 0.6) is 11.6 Å². The Labute approximate surface area is 296 Å². The van der Waals surface area contributed by atoms with E-state index in [9.17, 15) is 23.3 Å². The number of anilines is 1. The monoisotopic (exact) mass is 716 g/mol. The van der Waals surface area contributed by atoms with E-state index in [0.717, 1.165) is 52.2 Å². The molecule has 3 amide bonds. The summed E-state index contributed by atoms with van der Waals surface area (Å²) in [6.07, 6.45) is 4.82. The fraction of sp³-hybridized carbons (Fsp3) is 0.457. The number of aromatic nitrogens is 2. The number of hydrogen-bond donors (Lipinski definition) is 1. The third-order valence-electron chi connectivity index (χ3n) is 10.2. The van der Waals surface area contributed by atoms with Crippen molar-refractivity contribution in [2.24, 2.45) is 0 Å². The molecule has 3 saturated heterocycles. The van der Waals surface area contributed by atoms with Crippen molar-refractivity contribution in [1.82, 2.24) is 30.0 Å². The predicted octanol–water partition coefficient (Wildman–Crippen LogP) is 1.93. The van der Waals surface area contributed by atoms with Gasteiger partial charge in [-0.2, -0.15) is 18.0 Å². The van der Waals surface area contributed by atoms with Crippen LogP contribution in [0.1, 0.15) is 36.5 Å². The summed E-state index contributed by atoms with van der Waals surface area (Å²) in [6.45, 7) is 8.11. The Morgan fingerprint density at radius 2 is 1.78 bits per heavy atom. The van der Waals surface area contributed by atoms with Crippen LogP contribution in [0.4, 0.5) is 10.5 Å². The first-order chi connectivity index (χ1) is 24.7. The molecule has 1 unspecified atom stereocenters. The molecule has 3 aromatic rings. The van der Waals surface area contributed by atoms with Crippen LogP contribution in [-0.4, -0.2) is 123 Å². The number of urea groups is 1. The number of carbonyl (C=O) groups excluding carboxylic acids is 2. The number of piperidine rings is 1. The van der Waals surface area contributed by atoms with Gasteiger partial charge in [0.2, 0.25) is 5.88 Å². The van der Waals surface area contributed by atoms with Crippen LogP contribution in [0.15, 0.2) is 59.9 Å². The van der Waals surface area contributed by atoms with Crippen LogP contribution in [0.2, 0.25) is 0 Å². The minimum atomic E-state index is -4.64. The molecule has 7 rings (SSSR count). The molecule has 51 heavy (non-hydrogen) atoms. The first-order valence-electron chi connectivity index (χ1n) is 17.1. The van der Waals surface area contributed by atoms with Gasteiger partial charge < -0.3 is 24.4 Å². The standard InChI is InChI=1S/C35H40N8O7S/c1-3-50-32-28(5-4-12-37-32)35(39-34(45)42-22-26(23-42)40-13-10-25(11-14-40)41-15-17-49-18-16-41)29-19-24(20-36)6-8-30(29)43(33(35)44)51(46,47)31-9-7-27(48-2)21-38-31/h4-9,12,19,21,25-26H,3,10-11,13-18,22-23H2,1-2H3,(H,39,45). The van der Waals surface area contributed by atoms with E-state index in [4.69, 9.17) is 14.2 Å². The molecule has 0 saturated carbocycles. The van der Waals surface area contributed by atoms with Gasteiger partial charge in [-0.05, 0) is 62.2 Å². The van der Waals surface area contributed by atoms with Crippen molar-refractivity contribution < 1.29 is 32.2 Å². The third-order valence-corrected chi connectivity index (χ3v) is 11.8. The van der Waals surface area contributed by atoms with E-state index >= 15 is 0 Å². The van der Waals surface area contributed by atoms with Crippen LogP contribution in [0.3, 0.4) is 0 Å². The van der Waals surface area contributed by atoms with Gasteiger partial charge >= 0.3 is 6.03 Å². The number of pyridine rings is 2. The smallest absolute Gasteiger partial charge is 0.318 e. The Morgan fingerprint density at radius 1 is 1.04 bits per heavy atom. The largest absolute Gasteiger partial charge is 0.495 e. The molecule has 0 radical (unpaired) electrons. The van der Waals surface area contributed by atoms with Crippen LogP contribution >= 0.6 is 0 Å². The lowest BCUT2D eigenvalue weighted by molar-refractivity contribution is -0.121. The van der Waals surface area contributed by atoms with Gasteiger partial charge in [-0.15, -0.1) is 0 Å². The van der Waals surface area contributed by atoms with E-state index in [1.165, 1.54) is 49.8 Å². The minimum absolute atomic E-state index is 0.0344. The van der Waals surface area contributed by atoms with Crippen molar-refractivity contribution in [3.8, 4) is 17.7 Å². The lowest BCUT2D eigenvalue weighted by Crippen LogP contribution is -2.67. The first-order valence-corrected chi connectivity index (χ1v) is 18.5. The number of methoxy groups -OCH3 is 1. The maximum atomic E-state index is 15.0. The second-order valence-electron chi connectivity index (χ2n) is 12.9. The lowest BCUT2D eigenvalue weighted by atomic mass is 9.83. The molecule has 268 valence electrons. The van der Waals surface area contributed by atoms with E-state index in [2.05, 4.69) is 31.2 Å². The molecule has 1 N–H and O–H groups in total. The van der Waals surface area contributed by atoms with E-state index in [1.54, 1.807) is 24.0 Å². The number of nitrogens with one attached hydrogen (secondary N) is 1. The third kappa shape index (κ3) is 6.13. The van der Waals surface area contributed by atoms with Gasteiger partial charge in [-0.25, -0.2) is 14.8 Å². The number of likely N-dealkylation sites (tertiary alicyclic amines) is 2. The molecule has 0 aliphatic carbocycles. The molecule has 1 atom stereocenters. The number of amides is 3. The molecule has 4 aliphatic rings. The summed E-state index contributed by atoms with van der Waals surface area (Å²) in [5, 5.41) is 12.4. The number of morpholine rings is 1. The number of benzene rings is 1. The number of ether oxygens (including phenoxy) is 3. The summed E-state index contributed by atoms with van der Waals surface area (Å²) in [6, 6.07) is 12.2. The molecule has 1 aromatic carbocycles. The molecule has 0 spiro atoms. The van der Waals surface area contributed by atoms with Gasteiger partial charge in [0.15, 0.2) is 10.6 Å². The maximum Gasteiger partial charge on any atom is 0.318 e. The highest BCUT2D eigenvalue weighted by atomic mass is 32.2. The fourth-order valence-electron chi connectivity index (χ4n) is 7.46. The molecule has 4 aliphatic heterocycles. The zero-order valence-corrected chi connectivity index (χ0v) is 29.3. The fourth-order valence-corrected chi connectivity index (χ4v) is 8.85. The topological polar surface area (TPSA) is 171 Å². The van der Waals surface area contributed by atoms with Crippen LogP contribution in [0, 0.1) is 11.3 Å². The van der Waals surface area contributed by atoms with Crippen LogP contribution in [-0.2, 0) is 25.1 Å². The molecule has 2 aromatic heterocycles. The average molecular weight is 717 g/mol. The van der Waals surface area contributed by atoms with E-state index in [1.807, 2.05) is 0 Å². The second kappa shape index (κ2) is 14.1. The number of carbonyl (C=O) groups is 2. The van der Waals surface area contributed by atoms with Crippen LogP contribution in [0.25, 0.3) is 0 Å². The Hall–Kier alpha value is -4.82. The highest BCUT2D eigenvalue weighted by Crippen LogP contribution is 2.49. The SMILES string of the molecule is CCOc1ncccc1C1(NC(=O)N2CC(N3CCC(N4CCOCC4)CC3)C2)C(=O)N(S(=O)(=O)c2ccc(OC)cn2)c2ccc(C#N)cc21.